The van der Waals surface area contributed by atoms with Gasteiger partial charge in [-0.1, -0.05) is 51.1 Å². The number of hydrogen-bond donors (Lipinski definition) is 1. The predicted molar refractivity (Wildman–Crippen MR) is 124 cm³/mol. The smallest absolute Gasteiger partial charge is 0.248 e. The van der Waals surface area contributed by atoms with Crippen LogP contribution in [-0.4, -0.2) is 44.9 Å². The molecule has 2 aromatic carbocycles. The maximum Gasteiger partial charge on any atom is 0.248 e. The summed E-state index contributed by atoms with van der Waals surface area (Å²) >= 11 is 0. The number of benzene rings is 2. The van der Waals surface area contributed by atoms with Crippen LogP contribution in [0.4, 0.5) is 5.69 Å². The van der Waals surface area contributed by atoms with E-state index in [9.17, 15) is 13.2 Å². The fourth-order valence-electron chi connectivity index (χ4n) is 3.27. The average Bonchev–Trinajstić information content (AvgIpc) is 2.74. The Hall–Kier alpha value is -2.48. The minimum atomic E-state index is -3.62. The van der Waals surface area contributed by atoms with Gasteiger partial charge in [0.25, 0.3) is 0 Å². The number of amides is 1. The highest BCUT2D eigenvalue weighted by Crippen LogP contribution is 2.24. The van der Waals surface area contributed by atoms with Crippen molar-refractivity contribution >= 4 is 27.7 Å². The van der Waals surface area contributed by atoms with Gasteiger partial charge in [0.1, 0.15) is 0 Å². The Morgan fingerprint density at radius 1 is 1.06 bits per heavy atom. The van der Waals surface area contributed by atoms with Crippen LogP contribution < -0.4 is 5.32 Å². The van der Waals surface area contributed by atoms with Crippen molar-refractivity contribution in [1.82, 2.24) is 4.31 Å². The summed E-state index contributed by atoms with van der Waals surface area (Å²) in [5, 5.41) is 2.80. The van der Waals surface area contributed by atoms with Crippen LogP contribution in [0.15, 0.2) is 53.4 Å². The van der Waals surface area contributed by atoms with Crippen molar-refractivity contribution in [2.24, 2.45) is 0 Å². The van der Waals surface area contributed by atoms with Crippen LogP contribution in [0, 0.1) is 6.92 Å². The maximum absolute atomic E-state index is 12.9. The SMILES string of the molecule is Cc1ccc(S(=O)(=O)N2CCOCC2)cc1NC(=O)C=Cc1ccc(C(C)(C)C)cc1. The topological polar surface area (TPSA) is 75.7 Å². The molecule has 1 N–H and O–H groups in total. The van der Waals surface area contributed by atoms with E-state index >= 15 is 0 Å². The lowest BCUT2D eigenvalue weighted by Crippen LogP contribution is -2.40. The molecular weight excluding hydrogens is 412 g/mol. The second-order valence-corrected chi connectivity index (χ2v) is 10.6. The molecule has 0 saturated carbocycles. The molecule has 0 bridgehead atoms. The first-order valence-electron chi connectivity index (χ1n) is 10.4. The third-order valence-corrected chi connectivity index (χ3v) is 7.17. The lowest BCUT2D eigenvalue weighted by atomic mass is 9.87. The van der Waals surface area contributed by atoms with Gasteiger partial charge >= 0.3 is 0 Å². The molecule has 0 radical (unpaired) electrons. The number of ether oxygens (including phenoxy) is 1. The van der Waals surface area contributed by atoms with E-state index < -0.39 is 10.0 Å². The minimum Gasteiger partial charge on any atom is -0.379 e. The van der Waals surface area contributed by atoms with Gasteiger partial charge in [-0.15, -0.1) is 0 Å². The molecule has 0 atom stereocenters. The summed E-state index contributed by atoms with van der Waals surface area (Å²) in [4.78, 5) is 12.6. The quantitative estimate of drug-likeness (QED) is 0.711. The number of anilines is 1. The lowest BCUT2D eigenvalue weighted by molar-refractivity contribution is -0.111. The largest absolute Gasteiger partial charge is 0.379 e. The highest BCUT2D eigenvalue weighted by molar-refractivity contribution is 7.89. The molecular formula is C24H30N2O4S. The van der Waals surface area contributed by atoms with E-state index in [0.717, 1.165) is 11.1 Å². The van der Waals surface area contributed by atoms with Crippen LogP contribution in [0.2, 0.25) is 0 Å². The molecule has 1 fully saturated rings. The molecule has 2 aromatic rings. The maximum atomic E-state index is 12.9. The number of nitrogens with one attached hydrogen (secondary N) is 1. The second kappa shape index (κ2) is 9.34. The number of morpholine rings is 1. The van der Waals surface area contributed by atoms with Crippen molar-refractivity contribution in [3.05, 3.63) is 65.2 Å². The summed E-state index contributed by atoms with van der Waals surface area (Å²) in [5.74, 6) is -0.316. The molecule has 1 amide bonds. The molecule has 1 aliphatic rings. The number of hydrogen-bond acceptors (Lipinski definition) is 4. The Balaban J connectivity index is 1.72. The Kier molecular flexibility index (Phi) is 6.99. The summed E-state index contributed by atoms with van der Waals surface area (Å²) in [6.45, 7) is 9.72. The Morgan fingerprint density at radius 2 is 1.71 bits per heavy atom. The van der Waals surface area contributed by atoms with Crippen LogP contribution in [0.1, 0.15) is 37.5 Å². The minimum absolute atomic E-state index is 0.0731. The summed E-state index contributed by atoms with van der Waals surface area (Å²) in [6.07, 6.45) is 3.19. The zero-order valence-corrected chi connectivity index (χ0v) is 19.3. The van der Waals surface area contributed by atoms with Gasteiger partial charge in [0, 0.05) is 24.9 Å². The van der Waals surface area contributed by atoms with Crippen molar-refractivity contribution in [3.63, 3.8) is 0 Å². The number of nitrogens with zero attached hydrogens (tertiary/aromatic N) is 1. The zero-order valence-electron chi connectivity index (χ0n) is 18.5. The first-order chi connectivity index (χ1) is 14.6. The van der Waals surface area contributed by atoms with Crippen molar-refractivity contribution in [1.29, 1.82) is 0 Å². The summed E-state index contributed by atoms with van der Waals surface area (Å²) in [5.41, 5.74) is 3.49. The molecule has 0 spiro atoms. The van der Waals surface area contributed by atoms with Crippen molar-refractivity contribution < 1.29 is 17.9 Å². The van der Waals surface area contributed by atoms with Crippen LogP contribution in [0.5, 0.6) is 0 Å². The van der Waals surface area contributed by atoms with E-state index in [1.165, 1.54) is 22.0 Å². The molecule has 3 rings (SSSR count). The van der Waals surface area contributed by atoms with E-state index in [2.05, 4.69) is 38.2 Å². The fraction of sp³-hybridized carbons (Fsp3) is 0.375. The van der Waals surface area contributed by atoms with Gasteiger partial charge in [-0.25, -0.2) is 8.42 Å². The van der Waals surface area contributed by atoms with Gasteiger partial charge in [0.15, 0.2) is 0 Å². The molecule has 6 nitrogen and oxygen atoms in total. The van der Waals surface area contributed by atoms with Gasteiger partial charge in [0.05, 0.1) is 18.1 Å². The van der Waals surface area contributed by atoms with Crippen LogP contribution in [0.25, 0.3) is 6.08 Å². The van der Waals surface area contributed by atoms with Crippen LogP contribution in [-0.2, 0) is 25.0 Å². The first kappa shape index (κ1) is 23.2. The van der Waals surface area contributed by atoms with Crippen molar-refractivity contribution in [2.75, 3.05) is 31.6 Å². The third kappa shape index (κ3) is 5.81. The molecule has 0 unspecified atom stereocenters. The predicted octanol–water partition coefficient (Wildman–Crippen LogP) is 3.97. The lowest BCUT2D eigenvalue weighted by Gasteiger charge is -2.26. The van der Waals surface area contributed by atoms with Crippen LogP contribution >= 0.6 is 0 Å². The Bertz CT molecular complexity index is 1060. The monoisotopic (exact) mass is 442 g/mol. The first-order valence-corrected chi connectivity index (χ1v) is 11.8. The van der Waals surface area contributed by atoms with Gasteiger partial charge in [0.2, 0.25) is 15.9 Å². The van der Waals surface area contributed by atoms with E-state index in [4.69, 9.17) is 4.74 Å². The van der Waals surface area contributed by atoms with Gasteiger partial charge < -0.3 is 10.1 Å². The van der Waals surface area contributed by atoms with Gasteiger partial charge in [-0.2, -0.15) is 4.31 Å². The standard InChI is InChI=1S/C24H30N2O4S/c1-18-5-11-21(31(28,29)26-13-15-30-16-14-26)17-22(18)25-23(27)12-8-19-6-9-20(10-7-19)24(2,3)4/h5-12,17H,13-16H2,1-4H3,(H,25,27). The molecule has 166 valence electrons. The molecule has 1 heterocycles. The highest BCUT2D eigenvalue weighted by atomic mass is 32.2. The Labute approximate surface area is 185 Å². The fourth-order valence-corrected chi connectivity index (χ4v) is 4.71. The number of aryl methyl sites for hydroxylation is 1. The average molecular weight is 443 g/mol. The van der Waals surface area contributed by atoms with Gasteiger partial charge in [-0.3, -0.25) is 4.79 Å². The molecule has 1 saturated heterocycles. The molecule has 1 aliphatic heterocycles. The highest BCUT2D eigenvalue weighted by Gasteiger charge is 2.26. The van der Waals surface area contributed by atoms with E-state index in [0.29, 0.717) is 32.0 Å². The molecule has 7 heteroatoms. The zero-order chi connectivity index (χ0) is 22.6. The summed E-state index contributed by atoms with van der Waals surface area (Å²) in [6, 6.07) is 12.9. The Morgan fingerprint density at radius 3 is 2.32 bits per heavy atom. The number of carbonyl (C=O) groups excluding carboxylic acids is 1. The van der Waals surface area contributed by atoms with E-state index in [1.807, 2.05) is 19.1 Å². The number of carbonyl (C=O) groups is 1. The molecule has 0 aliphatic carbocycles. The third-order valence-electron chi connectivity index (χ3n) is 5.28. The molecule has 31 heavy (non-hydrogen) atoms. The van der Waals surface area contributed by atoms with E-state index in [1.54, 1.807) is 18.2 Å². The second-order valence-electron chi connectivity index (χ2n) is 8.69. The molecule has 0 aromatic heterocycles. The summed E-state index contributed by atoms with van der Waals surface area (Å²) < 4.78 is 32.4. The van der Waals surface area contributed by atoms with Gasteiger partial charge in [-0.05, 0) is 47.2 Å². The van der Waals surface area contributed by atoms with Crippen molar-refractivity contribution in [3.8, 4) is 0 Å². The number of sulfonamides is 1. The number of rotatable bonds is 5. The summed E-state index contributed by atoms with van der Waals surface area (Å²) in [7, 11) is -3.62. The van der Waals surface area contributed by atoms with E-state index in [-0.39, 0.29) is 16.2 Å². The van der Waals surface area contributed by atoms with Crippen molar-refractivity contribution in [2.45, 2.75) is 38.0 Å². The van der Waals surface area contributed by atoms with Crippen LogP contribution in [0.3, 0.4) is 0 Å². The normalized spacial score (nSPS) is 15.9.